The molecule has 0 saturated heterocycles. The lowest BCUT2D eigenvalue weighted by atomic mass is 10.3. The van der Waals surface area contributed by atoms with Gasteiger partial charge in [-0.1, -0.05) is 6.08 Å². The predicted octanol–water partition coefficient (Wildman–Crippen LogP) is 3.18. The highest BCUT2D eigenvalue weighted by Gasteiger charge is 2.08. The first-order valence-electron chi connectivity index (χ1n) is 4.64. The van der Waals surface area contributed by atoms with Gasteiger partial charge in [0.15, 0.2) is 0 Å². The number of carbonyl (C=O) groups excluding carboxylic acids is 1. The van der Waals surface area contributed by atoms with E-state index in [9.17, 15) is 14.9 Å². The average molecular weight is 237 g/mol. The van der Waals surface area contributed by atoms with E-state index >= 15 is 0 Å². The van der Waals surface area contributed by atoms with Gasteiger partial charge >= 0.3 is 0 Å². The van der Waals surface area contributed by atoms with Gasteiger partial charge < -0.3 is 0 Å². The number of non-ortho nitro benzene ring substituents is 1. The van der Waals surface area contributed by atoms with Crippen LogP contribution in [0.4, 0.5) is 5.69 Å². The van der Waals surface area contributed by atoms with Gasteiger partial charge in [0.1, 0.15) is 0 Å². The number of hydrogen-bond acceptors (Lipinski definition) is 4. The lowest BCUT2D eigenvalue weighted by Gasteiger charge is -1.99. The second kappa shape index (κ2) is 5.46. The van der Waals surface area contributed by atoms with Crippen LogP contribution in [-0.2, 0) is 4.79 Å². The van der Waals surface area contributed by atoms with Gasteiger partial charge in [0.2, 0.25) is 5.12 Å². The second-order valence-corrected chi connectivity index (χ2v) is 4.16. The Bertz CT molecular complexity index is 437. The van der Waals surface area contributed by atoms with Crippen molar-refractivity contribution in [1.82, 2.24) is 0 Å². The summed E-state index contributed by atoms with van der Waals surface area (Å²) in [7, 11) is 0. The Morgan fingerprint density at radius 2 is 1.94 bits per heavy atom. The van der Waals surface area contributed by atoms with Crippen LogP contribution in [0.1, 0.15) is 13.8 Å². The van der Waals surface area contributed by atoms with Crippen molar-refractivity contribution >= 4 is 22.6 Å². The summed E-state index contributed by atoms with van der Waals surface area (Å²) in [5, 5.41) is 10.4. The molecular formula is C11H11NO3S. The molecule has 0 fully saturated rings. The molecule has 0 aliphatic heterocycles. The predicted molar refractivity (Wildman–Crippen MR) is 63.4 cm³/mol. The molecule has 0 N–H and O–H groups in total. The lowest BCUT2D eigenvalue weighted by Crippen LogP contribution is -1.92. The summed E-state index contributed by atoms with van der Waals surface area (Å²) >= 11 is 1.07. The third-order valence-electron chi connectivity index (χ3n) is 2.01. The molecule has 0 amide bonds. The molecule has 0 aliphatic rings. The fourth-order valence-corrected chi connectivity index (χ4v) is 1.71. The maximum absolute atomic E-state index is 11.5. The van der Waals surface area contributed by atoms with Crippen LogP contribution in [0.5, 0.6) is 0 Å². The van der Waals surface area contributed by atoms with E-state index in [0.717, 1.165) is 11.8 Å². The maximum Gasteiger partial charge on any atom is 0.269 e. The minimum Gasteiger partial charge on any atom is -0.282 e. The number of thioether (sulfide) groups is 1. The van der Waals surface area contributed by atoms with Crippen molar-refractivity contribution in [2.75, 3.05) is 0 Å². The molecule has 5 heteroatoms. The van der Waals surface area contributed by atoms with E-state index in [0.29, 0.717) is 10.5 Å². The van der Waals surface area contributed by atoms with Crippen molar-refractivity contribution in [2.45, 2.75) is 18.7 Å². The zero-order valence-corrected chi connectivity index (χ0v) is 9.78. The molecule has 1 rings (SSSR count). The van der Waals surface area contributed by atoms with Crippen LogP contribution in [0.3, 0.4) is 0 Å². The molecule has 16 heavy (non-hydrogen) atoms. The molecule has 0 aromatic heterocycles. The Morgan fingerprint density at radius 3 is 2.38 bits per heavy atom. The summed E-state index contributed by atoms with van der Waals surface area (Å²) in [6.07, 6.45) is 1.74. The molecule has 0 heterocycles. The molecule has 0 atom stereocenters. The molecule has 84 valence electrons. The van der Waals surface area contributed by atoms with Gasteiger partial charge in [-0.2, -0.15) is 0 Å². The maximum atomic E-state index is 11.5. The van der Waals surface area contributed by atoms with Gasteiger partial charge in [-0.25, -0.2) is 0 Å². The van der Waals surface area contributed by atoms with E-state index < -0.39 is 4.92 Å². The fourth-order valence-electron chi connectivity index (χ4n) is 0.941. The SMILES string of the molecule is C/C=C(\C)C(=O)Sc1ccc([N+](=O)[O-])cc1. The van der Waals surface area contributed by atoms with Crippen molar-refractivity contribution in [1.29, 1.82) is 0 Å². The molecule has 0 saturated carbocycles. The Kier molecular flexibility index (Phi) is 4.25. The number of benzene rings is 1. The van der Waals surface area contributed by atoms with Gasteiger partial charge in [-0.05, 0) is 43.3 Å². The van der Waals surface area contributed by atoms with E-state index in [1.807, 2.05) is 0 Å². The fraction of sp³-hybridized carbons (Fsp3) is 0.182. The van der Waals surface area contributed by atoms with E-state index in [4.69, 9.17) is 0 Å². The third kappa shape index (κ3) is 3.20. The quantitative estimate of drug-likeness (QED) is 0.350. The smallest absolute Gasteiger partial charge is 0.269 e. The van der Waals surface area contributed by atoms with Crippen LogP contribution in [0.25, 0.3) is 0 Å². The topological polar surface area (TPSA) is 60.2 Å². The van der Waals surface area contributed by atoms with Crippen molar-refractivity contribution < 1.29 is 9.72 Å². The molecule has 1 aromatic rings. The van der Waals surface area contributed by atoms with Crippen molar-refractivity contribution in [3.05, 3.63) is 46.0 Å². The minimum absolute atomic E-state index is 0.0274. The molecule has 0 aliphatic carbocycles. The first-order chi connectivity index (χ1) is 7.54. The summed E-state index contributed by atoms with van der Waals surface area (Å²) in [5.41, 5.74) is 0.697. The Balaban J connectivity index is 2.76. The van der Waals surface area contributed by atoms with Crippen LogP contribution in [-0.4, -0.2) is 10.0 Å². The second-order valence-electron chi connectivity index (χ2n) is 3.11. The summed E-state index contributed by atoms with van der Waals surface area (Å²) in [6, 6.07) is 5.93. The highest BCUT2D eigenvalue weighted by Crippen LogP contribution is 2.24. The van der Waals surface area contributed by atoms with Crippen LogP contribution in [0, 0.1) is 10.1 Å². The van der Waals surface area contributed by atoms with Crippen molar-refractivity contribution in [2.24, 2.45) is 0 Å². The van der Waals surface area contributed by atoms with Crippen LogP contribution in [0.2, 0.25) is 0 Å². The first kappa shape index (κ1) is 12.4. The van der Waals surface area contributed by atoms with Crippen LogP contribution >= 0.6 is 11.8 Å². The molecule has 1 aromatic carbocycles. The number of nitro groups is 1. The number of hydrogen-bond donors (Lipinski definition) is 0. The van der Waals surface area contributed by atoms with E-state index in [2.05, 4.69) is 0 Å². The molecular weight excluding hydrogens is 226 g/mol. The summed E-state index contributed by atoms with van der Waals surface area (Å²) < 4.78 is 0. The summed E-state index contributed by atoms with van der Waals surface area (Å²) in [5.74, 6) is 0. The lowest BCUT2D eigenvalue weighted by molar-refractivity contribution is -0.384. The summed E-state index contributed by atoms with van der Waals surface area (Å²) in [6.45, 7) is 3.53. The van der Waals surface area contributed by atoms with Gasteiger partial charge in [-0.15, -0.1) is 0 Å². The Hall–Kier alpha value is -1.62. The van der Waals surface area contributed by atoms with E-state index in [-0.39, 0.29) is 10.8 Å². The highest BCUT2D eigenvalue weighted by molar-refractivity contribution is 8.14. The standard InChI is InChI=1S/C11H11NO3S/c1-3-8(2)11(13)16-10-6-4-9(5-7-10)12(14)15/h3-7H,1-2H3/b8-3+. The average Bonchev–Trinajstić information content (AvgIpc) is 2.28. The highest BCUT2D eigenvalue weighted by atomic mass is 32.2. The Labute approximate surface area is 97.5 Å². The number of rotatable bonds is 3. The van der Waals surface area contributed by atoms with E-state index in [1.165, 1.54) is 12.1 Å². The van der Waals surface area contributed by atoms with Gasteiger partial charge in [0.25, 0.3) is 5.69 Å². The van der Waals surface area contributed by atoms with Crippen molar-refractivity contribution in [3.8, 4) is 0 Å². The number of allylic oxidation sites excluding steroid dienone is 1. The monoisotopic (exact) mass is 237 g/mol. The molecule has 0 bridgehead atoms. The van der Waals surface area contributed by atoms with E-state index in [1.54, 1.807) is 32.1 Å². The minimum atomic E-state index is -0.465. The largest absolute Gasteiger partial charge is 0.282 e. The number of nitro benzene ring substituents is 1. The molecule has 4 nitrogen and oxygen atoms in total. The van der Waals surface area contributed by atoms with Gasteiger partial charge in [-0.3, -0.25) is 14.9 Å². The zero-order chi connectivity index (χ0) is 12.1. The van der Waals surface area contributed by atoms with Gasteiger partial charge in [0, 0.05) is 17.0 Å². The first-order valence-corrected chi connectivity index (χ1v) is 5.46. The third-order valence-corrected chi connectivity index (χ3v) is 3.03. The molecule has 0 unspecified atom stereocenters. The molecule has 0 radical (unpaired) electrons. The normalized spacial score (nSPS) is 11.2. The summed E-state index contributed by atoms with van der Waals surface area (Å²) in [4.78, 5) is 22.2. The van der Waals surface area contributed by atoms with Crippen LogP contribution < -0.4 is 0 Å². The van der Waals surface area contributed by atoms with Crippen molar-refractivity contribution in [3.63, 3.8) is 0 Å². The number of carbonyl (C=O) groups is 1. The van der Waals surface area contributed by atoms with Crippen LogP contribution in [0.15, 0.2) is 40.8 Å². The molecule has 0 spiro atoms. The van der Waals surface area contributed by atoms with Gasteiger partial charge in [0.05, 0.1) is 4.92 Å². The Morgan fingerprint density at radius 1 is 1.38 bits per heavy atom. The number of nitrogens with zero attached hydrogens (tertiary/aromatic N) is 1. The zero-order valence-electron chi connectivity index (χ0n) is 8.97.